The van der Waals surface area contributed by atoms with E-state index < -0.39 is 0 Å². The average Bonchev–Trinajstić information content (AvgIpc) is 2.39. The first kappa shape index (κ1) is 13.6. The van der Waals surface area contributed by atoms with E-state index >= 15 is 0 Å². The lowest BCUT2D eigenvalue weighted by Gasteiger charge is -2.34. The number of benzene rings is 1. The van der Waals surface area contributed by atoms with Gasteiger partial charge in [0.05, 0.1) is 0 Å². The summed E-state index contributed by atoms with van der Waals surface area (Å²) in [4.78, 5) is 0. The van der Waals surface area contributed by atoms with E-state index in [9.17, 15) is 0 Å². The largest absolute Gasteiger partial charge is 0.330 e. The normalized spacial score (nSPS) is 25.9. The predicted molar refractivity (Wildman–Crippen MR) is 77.5 cm³/mol. The van der Waals surface area contributed by atoms with Crippen LogP contribution in [0.5, 0.6) is 0 Å². The van der Waals surface area contributed by atoms with Crippen molar-refractivity contribution >= 4 is 0 Å². The fourth-order valence-electron chi connectivity index (χ4n) is 3.19. The molecule has 100 valence electrons. The maximum absolute atomic E-state index is 5.90. The van der Waals surface area contributed by atoms with Crippen LogP contribution in [0, 0.1) is 12.8 Å². The Labute approximate surface area is 111 Å². The van der Waals surface area contributed by atoms with E-state index in [2.05, 4.69) is 43.4 Å². The van der Waals surface area contributed by atoms with Crippen LogP contribution in [0.4, 0.5) is 0 Å². The van der Waals surface area contributed by atoms with E-state index in [1.807, 2.05) is 0 Å². The Bertz CT molecular complexity index is 375. The van der Waals surface area contributed by atoms with Gasteiger partial charge in [0, 0.05) is 12.1 Å². The van der Waals surface area contributed by atoms with Crippen molar-refractivity contribution in [3.8, 4) is 0 Å². The van der Waals surface area contributed by atoms with Gasteiger partial charge >= 0.3 is 0 Å². The highest BCUT2D eigenvalue weighted by Gasteiger charge is 2.25. The predicted octanol–water partition coefficient (Wildman–Crippen LogP) is 3.16. The van der Waals surface area contributed by atoms with Crippen molar-refractivity contribution in [1.29, 1.82) is 0 Å². The number of rotatable bonds is 4. The summed E-state index contributed by atoms with van der Waals surface area (Å²) in [7, 11) is 0. The second-order valence-corrected chi connectivity index (χ2v) is 5.63. The second kappa shape index (κ2) is 6.35. The minimum absolute atomic E-state index is 0.420. The Hall–Kier alpha value is -0.860. The molecule has 0 spiro atoms. The van der Waals surface area contributed by atoms with Crippen molar-refractivity contribution in [3.05, 3.63) is 35.4 Å². The molecule has 1 aromatic rings. The first-order valence-electron chi connectivity index (χ1n) is 7.24. The van der Waals surface area contributed by atoms with Crippen LogP contribution < -0.4 is 11.1 Å². The molecule has 0 aliphatic heterocycles. The van der Waals surface area contributed by atoms with Crippen LogP contribution in [0.25, 0.3) is 0 Å². The Balaban J connectivity index is 2.02. The summed E-state index contributed by atoms with van der Waals surface area (Å²) in [6.07, 6.45) is 5.25. The van der Waals surface area contributed by atoms with Crippen molar-refractivity contribution in [2.24, 2.45) is 11.7 Å². The fraction of sp³-hybridized carbons (Fsp3) is 0.625. The fourth-order valence-corrected chi connectivity index (χ4v) is 3.19. The number of hydrogen-bond acceptors (Lipinski definition) is 2. The van der Waals surface area contributed by atoms with Gasteiger partial charge in [-0.15, -0.1) is 0 Å². The van der Waals surface area contributed by atoms with Gasteiger partial charge in [-0.3, -0.25) is 0 Å². The molecule has 1 aliphatic carbocycles. The molecule has 1 aromatic carbocycles. The van der Waals surface area contributed by atoms with E-state index in [1.54, 1.807) is 0 Å². The van der Waals surface area contributed by atoms with Gasteiger partial charge in [0.2, 0.25) is 0 Å². The molecule has 1 aliphatic rings. The third-order valence-corrected chi connectivity index (χ3v) is 4.33. The van der Waals surface area contributed by atoms with Gasteiger partial charge in [-0.05, 0) is 50.3 Å². The van der Waals surface area contributed by atoms with Crippen LogP contribution in [0.2, 0.25) is 0 Å². The molecule has 0 aromatic heterocycles. The SMILES string of the molecule is Cc1ccccc1C(C)NC1CCCCC1CN. The van der Waals surface area contributed by atoms with Crippen molar-refractivity contribution < 1.29 is 0 Å². The molecule has 0 radical (unpaired) electrons. The van der Waals surface area contributed by atoms with Crippen LogP contribution >= 0.6 is 0 Å². The van der Waals surface area contributed by atoms with Gasteiger partial charge in [0.25, 0.3) is 0 Å². The Morgan fingerprint density at radius 2 is 2.00 bits per heavy atom. The Morgan fingerprint density at radius 3 is 2.72 bits per heavy atom. The monoisotopic (exact) mass is 246 g/mol. The first-order chi connectivity index (χ1) is 8.72. The minimum Gasteiger partial charge on any atom is -0.330 e. The smallest absolute Gasteiger partial charge is 0.0297 e. The van der Waals surface area contributed by atoms with E-state index in [0.29, 0.717) is 18.0 Å². The van der Waals surface area contributed by atoms with Crippen LogP contribution in [0.3, 0.4) is 0 Å². The zero-order chi connectivity index (χ0) is 13.0. The van der Waals surface area contributed by atoms with Gasteiger partial charge in [-0.25, -0.2) is 0 Å². The molecular formula is C16H26N2. The van der Waals surface area contributed by atoms with Crippen LogP contribution in [-0.2, 0) is 0 Å². The molecule has 2 nitrogen and oxygen atoms in total. The quantitative estimate of drug-likeness (QED) is 0.856. The summed E-state index contributed by atoms with van der Waals surface area (Å²) in [5.74, 6) is 0.658. The highest BCUT2D eigenvalue weighted by atomic mass is 15.0. The molecule has 3 N–H and O–H groups in total. The lowest BCUT2D eigenvalue weighted by atomic mass is 9.84. The molecule has 3 unspecified atom stereocenters. The van der Waals surface area contributed by atoms with Gasteiger partial charge < -0.3 is 11.1 Å². The van der Waals surface area contributed by atoms with Crippen molar-refractivity contribution in [1.82, 2.24) is 5.32 Å². The minimum atomic E-state index is 0.420. The van der Waals surface area contributed by atoms with Gasteiger partial charge in [-0.2, -0.15) is 0 Å². The van der Waals surface area contributed by atoms with Crippen LogP contribution in [-0.4, -0.2) is 12.6 Å². The molecule has 0 saturated heterocycles. The zero-order valence-electron chi connectivity index (χ0n) is 11.7. The first-order valence-corrected chi connectivity index (χ1v) is 7.24. The molecule has 1 saturated carbocycles. The maximum Gasteiger partial charge on any atom is 0.0297 e. The summed E-state index contributed by atoms with van der Waals surface area (Å²) in [6, 6.07) is 9.67. The Morgan fingerprint density at radius 1 is 1.28 bits per heavy atom. The van der Waals surface area contributed by atoms with Crippen molar-refractivity contribution in [2.45, 2.75) is 51.6 Å². The topological polar surface area (TPSA) is 38.0 Å². The summed E-state index contributed by atoms with van der Waals surface area (Å²) < 4.78 is 0. The molecule has 0 heterocycles. The Kier molecular flexibility index (Phi) is 4.79. The standard InChI is InChI=1S/C16H26N2/c1-12-7-3-5-9-15(12)13(2)18-16-10-6-4-8-14(16)11-17/h3,5,7,9,13-14,16,18H,4,6,8,10-11,17H2,1-2H3. The third kappa shape index (κ3) is 3.12. The summed E-state index contributed by atoms with van der Waals surface area (Å²) in [6.45, 7) is 5.28. The molecule has 3 atom stereocenters. The van der Waals surface area contributed by atoms with E-state index in [-0.39, 0.29) is 0 Å². The molecule has 0 amide bonds. The second-order valence-electron chi connectivity index (χ2n) is 5.63. The molecule has 1 fully saturated rings. The molecule has 18 heavy (non-hydrogen) atoms. The zero-order valence-corrected chi connectivity index (χ0v) is 11.7. The third-order valence-electron chi connectivity index (χ3n) is 4.33. The lowest BCUT2D eigenvalue weighted by Crippen LogP contribution is -2.43. The number of hydrogen-bond donors (Lipinski definition) is 2. The molecule has 2 rings (SSSR count). The average molecular weight is 246 g/mol. The number of nitrogens with one attached hydrogen (secondary N) is 1. The van der Waals surface area contributed by atoms with Crippen molar-refractivity contribution in [3.63, 3.8) is 0 Å². The highest BCUT2D eigenvalue weighted by molar-refractivity contribution is 5.28. The number of nitrogens with two attached hydrogens (primary N) is 1. The molecule has 0 bridgehead atoms. The van der Waals surface area contributed by atoms with E-state index in [0.717, 1.165) is 6.54 Å². The van der Waals surface area contributed by atoms with E-state index in [1.165, 1.54) is 36.8 Å². The van der Waals surface area contributed by atoms with Gasteiger partial charge in [0.15, 0.2) is 0 Å². The highest BCUT2D eigenvalue weighted by Crippen LogP contribution is 2.26. The van der Waals surface area contributed by atoms with Crippen molar-refractivity contribution in [2.75, 3.05) is 6.54 Å². The lowest BCUT2D eigenvalue weighted by molar-refractivity contribution is 0.252. The molecular weight excluding hydrogens is 220 g/mol. The van der Waals surface area contributed by atoms with Crippen LogP contribution in [0.15, 0.2) is 24.3 Å². The summed E-state index contributed by atoms with van der Waals surface area (Å²) in [5, 5.41) is 3.80. The van der Waals surface area contributed by atoms with Crippen LogP contribution in [0.1, 0.15) is 49.8 Å². The van der Waals surface area contributed by atoms with Gasteiger partial charge in [-0.1, -0.05) is 37.1 Å². The summed E-state index contributed by atoms with van der Waals surface area (Å²) in [5.41, 5.74) is 8.69. The number of aryl methyl sites for hydroxylation is 1. The molecule has 2 heteroatoms. The maximum atomic E-state index is 5.90. The summed E-state index contributed by atoms with van der Waals surface area (Å²) >= 11 is 0. The van der Waals surface area contributed by atoms with Gasteiger partial charge in [0.1, 0.15) is 0 Å². The van der Waals surface area contributed by atoms with E-state index in [4.69, 9.17) is 5.73 Å².